The van der Waals surface area contributed by atoms with Crippen LogP contribution in [0, 0.1) is 16.0 Å². The summed E-state index contributed by atoms with van der Waals surface area (Å²) >= 11 is 5.75. The van der Waals surface area contributed by atoms with E-state index in [0.29, 0.717) is 18.0 Å². The fourth-order valence-electron chi connectivity index (χ4n) is 1.58. The van der Waals surface area contributed by atoms with Crippen LogP contribution in [-0.4, -0.2) is 16.9 Å². The lowest BCUT2D eigenvalue weighted by Crippen LogP contribution is -2.36. The van der Waals surface area contributed by atoms with Gasteiger partial charge in [0, 0.05) is 11.8 Å². The number of rotatable bonds is 5. The summed E-state index contributed by atoms with van der Waals surface area (Å²) in [6.07, 6.45) is 0.562. The molecule has 0 heterocycles. The van der Waals surface area contributed by atoms with Crippen molar-refractivity contribution >= 4 is 28.9 Å². The molecule has 0 aliphatic carbocycles. The standard InChI is InChI=1S/C12H16ClN3O3/c1-7(2)5-10(14)12(17)15-8-3-4-11(16(18)19)9(13)6-8/h3-4,6-7,10H,5,14H2,1-2H3,(H,15,17). The largest absolute Gasteiger partial charge is 0.325 e. The molecular formula is C12H16ClN3O3. The monoisotopic (exact) mass is 285 g/mol. The summed E-state index contributed by atoms with van der Waals surface area (Å²) < 4.78 is 0. The average molecular weight is 286 g/mol. The number of carbonyl (C=O) groups is 1. The van der Waals surface area contributed by atoms with Crippen LogP contribution in [0.25, 0.3) is 0 Å². The molecule has 0 bridgehead atoms. The van der Waals surface area contributed by atoms with Crippen LogP contribution in [0.5, 0.6) is 0 Å². The molecule has 0 aliphatic heterocycles. The molecule has 0 aromatic heterocycles. The highest BCUT2D eigenvalue weighted by molar-refractivity contribution is 6.33. The maximum absolute atomic E-state index is 11.8. The Morgan fingerprint density at radius 1 is 1.53 bits per heavy atom. The van der Waals surface area contributed by atoms with E-state index in [1.54, 1.807) is 0 Å². The molecule has 1 unspecified atom stereocenters. The number of anilines is 1. The second kappa shape index (κ2) is 6.49. The molecule has 1 aromatic rings. The normalized spacial score (nSPS) is 12.3. The molecule has 104 valence electrons. The molecule has 1 amide bonds. The molecule has 19 heavy (non-hydrogen) atoms. The second-order valence-electron chi connectivity index (χ2n) is 4.65. The van der Waals surface area contributed by atoms with Gasteiger partial charge in [0.15, 0.2) is 0 Å². The lowest BCUT2D eigenvalue weighted by atomic mass is 10.0. The number of nitro groups is 1. The van der Waals surface area contributed by atoms with Crippen molar-refractivity contribution in [3.8, 4) is 0 Å². The fourth-order valence-corrected chi connectivity index (χ4v) is 1.83. The van der Waals surface area contributed by atoms with Gasteiger partial charge in [-0.3, -0.25) is 14.9 Å². The zero-order valence-electron chi connectivity index (χ0n) is 10.7. The number of nitrogens with one attached hydrogen (secondary N) is 1. The lowest BCUT2D eigenvalue weighted by molar-refractivity contribution is -0.384. The highest BCUT2D eigenvalue weighted by Crippen LogP contribution is 2.27. The zero-order chi connectivity index (χ0) is 14.6. The van der Waals surface area contributed by atoms with Gasteiger partial charge in [0.1, 0.15) is 5.02 Å². The first-order valence-electron chi connectivity index (χ1n) is 5.81. The highest BCUT2D eigenvalue weighted by atomic mass is 35.5. The molecule has 0 fully saturated rings. The molecule has 1 atom stereocenters. The van der Waals surface area contributed by atoms with Gasteiger partial charge in [-0.05, 0) is 24.5 Å². The van der Waals surface area contributed by atoms with Crippen LogP contribution in [0.1, 0.15) is 20.3 Å². The number of halogens is 1. The summed E-state index contributed by atoms with van der Waals surface area (Å²) in [7, 11) is 0. The van der Waals surface area contributed by atoms with Crippen molar-refractivity contribution in [2.24, 2.45) is 11.7 Å². The van der Waals surface area contributed by atoms with Crippen molar-refractivity contribution in [3.63, 3.8) is 0 Å². The summed E-state index contributed by atoms with van der Waals surface area (Å²) in [6, 6.07) is 3.38. The second-order valence-corrected chi connectivity index (χ2v) is 5.06. The molecule has 1 rings (SSSR count). The average Bonchev–Trinajstić information content (AvgIpc) is 2.27. The molecular weight excluding hydrogens is 270 g/mol. The molecule has 0 saturated carbocycles. The predicted molar refractivity (Wildman–Crippen MR) is 74.2 cm³/mol. The van der Waals surface area contributed by atoms with Gasteiger partial charge in [0.25, 0.3) is 5.69 Å². The van der Waals surface area contributed by atoms with E-state index < -0.39 is 11.0 Å². The number of nitro benzene ring substituents is 1. The van der Waals surface area contributed by atoms with Crippen molar-refractivity contribution in [3.05, 3.63) is 33.3 Å². The third kappa shape index (κ3) is 4.50. The van der Waals surface area contributed by atoms with E-state index in [-0.39, 0.29) is 16.6 Å². The number of benzene rings is 1. The Morgan fingerprint density at radius 3 is 2.63 bits per heavy atom. The minimum absolute atomic E-state index is 0.0276. The van der Waals surface area contributed by atoms with E-state index in [4.69, 9.17) is 17.3 Å². The van der Waals surface area contributed by atoms with Gasteiger partial charge in [-0.2, -0.15) is 0 Å². The van der Waals surface area contributed by atoms with Gasteiger partial charge >= 0.3 is 0 Å². The van der Waals surface area contributed by atoms with Crippen LogP contribution < -0.4 is 11.1 Å². The van der Waals surface area contributed by atoms with Crippen LogP contribution in [0.4, 0.5) is 11.4 Å². The van der Waals surface area contributed by atoms with E-state index >= 15 is 0 Å². The maximum atomic E-state index is 11.8. The van der Waals surface area contributed by atoms with Gasteiger partial charge in [0.05, 0.1) is 11.0 Å². The van der Waals surface area contributed by atoms with E-state index in [9.17, 15) is 14.9 Å². The topological polar surface area (TPSA) is 98.3 Å². The van der Waals surface area contributed by atoms with Gasteiger partial charge in [-0.1, -0.05) is 25.4 Å². The van der Waals surface area contributed by atoms with Crippen molar-refractivity contribution in [2.45, 2.75) is 26.3 Å². The minimum atomic E-state index is -0.617. The van der Waals surface area contributed by atoms with Crippen LogP contribution >= 0.6 is 11.6 Å². The molecule has 7 heteroatoms. The Morgan fingerprint density at radius 2 is 2.16 bits per heavy atom. The number of hydrogen-bond acceptors (Lipinski definition) is 4. The Bertz CT molecular complexity index is 491. The smallest absolute Gasteiger partial charge is 0.288 e. The van der Waals surface area contributed by atoms with Crippen molar-refractivity contribution < 1.29 is 9.72 Å². The van der Waals surface area contributed by atoms with Gasteiger partial charge in [-0.15, -0.1) is 0 Å². The third-order valence-electron chi connectivity index (χ3n) is 2.47. The van der Waals surface area contributed by atoms with Crippen LogP contribution in [0.3, 0.4) is 0 Å². The lowest BCUT2D eigenvalue weighted by Gasteiger charge is -2.14. The summed E-state index contributed by atoms with van der Waals surface area (Å²) in [4.78, 5) is 21.8. The van der Waals surface area contributed by atoms with E-state index in [2.05, 4.69) is 5.32 Å². The zero-order valence-corrected chi connectivity index (χ0v) is 11.5. The summed E-state index contributed by atoms with van der Waals surface area (Å²) in [6.45, 7) is 3.94. The van der Waals surface area contributed by atoms with Crippen molar-refractivity contribution in [1.82, 2.24) is 0 Å². The third-order valence-corrected chi connectivity index (χ3v) is 2.78. The number of amides is 1. The molecule has 1 aromatic carbocycles. The maximum Gasteiger partial charge on any atom is 0.288 e. The van der Waals surface area contributed by atoms with Crippen LogP contribution in [-0.2, 0) is 4.79 Å². The molecule has 3 N–H and O–H groups in total. The molecule has 0 spiro atoms. The summed E-state index contributed by atoms with van der Waals surface area (Å²) in [5, 5.41) is 13.2. The highest BCUT2D eigenvalue weighted by Gasteiger charge is 2.17. The SMILES string of the molecule is CC(C)CC(N)C(=O)Nc1ccc([N+](=O)[O-])c(Cl)c1. The van der Waals surface area contributed by atoms with Crippen LogP contribution in [0.2, 0.25) is 5.02 Å². The molecule has 0 aliphatic rings. The minimum Gasteiger partial charge on any atom is -0.325 e. The number of nitrogens with zero attached hydrogens (tertiary/aromatic N) is 1. The van der Waals surface area contributed by atoms with Crippen LogP contribution in [0.15, 0.2) is 18.2 Å². The summed E-state index contributed by atoms with van der Waals surface area (Å²) in [5.74, 6) is -0.0279. The summed E-state index contributed by atoms with van der Waals surface area (Å²) in [5.41, 5.74) is 5.91. The quantitative estimate of drug-likeness (QED) is 0.641. The first-order chi connectivity index (χ1) is 8.81. The Kier molecular flexibility index (Phi) is 5.26. The number of carbonyl (C=O) groups excluding carboxylic acids is 1. The Labute approximate surface area is 116 Å². The van der Waals surface area contributed by atoms with E-state index in [1.807, 2.05) is 13.8 Å². The Hall–Kier alpha value is -1.66. The predicted octanol–water partition coefficient (Wildman–Crippen LogP) is 2.56. The molecule has 0 radical (unpaired) electrons. The molecule has 0 saturated heterocycles. The van der Waals surface area contributed by atoms with Crippen molar-refractivity contribution in [1.29, 1.82) is 0 Å². The van der Waals surface area contributed by atoms with Gasteiger partial charge < -0.3 is 11.1 Å². The van der Waals surface area contributed by atoms with Crippen molar-refractivity contribution in [2.75, 3.05) is 5.32 Å². The molecule has 6 nitrogen and oxygen atoms in total. The number of hydrogen-bond donors (Lipinski definition) is 2. The van der Waals surface area contributed by atoms with E-state index in [0.717, 1.165) is 0 Å². The van der Waals surface area contributed by atoms with E-state index in [1.165, 1.54) is 18.2 Å². The first-order valence-corrected chi connectivity index (χ1v) is 6.19. The number of nitrogens with two attached hydrogens (primary N) is 1. The van der Waals surface area contributed by atoms with Gasteiger partial charge in [0.2, 0.25) is 5.91 Å². The Balaban J connectivity index is 2.75. The fraction of sp³-hybridized carbons (Fsp3) is 0.417. The van der Waals surface area contributed by atoms with Gasteiger partial charge in [-0.25, -0.2) is 0 Å². The first kappa shape index (κ1) is 15.4.